The predicted octanol–water partition coefficient (Wildman–Crippen LogP) is 2.53. The molecule has 5 heteroatoms. The van der Waals surface area contributed by atoms with Gasteiger partial charge in [0.1, 0.15) is 6.54 Å². The van der Waals surface area contributed by atoms with E-state index in [1.165, 1.54) is 12.8 Å². The number of nitrogens with one attached hydrogen (secondary N) is 2. The lowest BCUT2D eigenvalue weighted by Crippen LogP contribution is -2.35. The van der Waals surface area contributed by atoms with E-state index in [1.807, 2.05) is 35.8 Å². The molecule has 0 saturated heterocycles. The molecule has 1 amide bonds. The number of hydrogen-bond donors (Lipinski definition) is 2. The van der Waals surface area contributed by atoms with Crippen molar-refractivity contribution in [2.45, 2.75) is 45.2 Å². The van der Waals surface area contributed by atoms with E-state index in [4.69, 9.17) is 0 Å². The molecule has 1 fully saturated rings. The molecule has 0 atom stereocenters. The highest BCUT2D eigenvalue weighted by Gasteiger charge is 2.19. The third kappa shape index (κ3) is 3.01. The summed E-state index contributed by atoms with van der Waals surface area (Å²) in [5.74, 6) is 0.837. The molecule has 1 aromatic heterocycles. The topological polar surface area (TPSA) is 59.0 Å². The molecule has 0 radical (unpaired) electrons. The first-order valence-corrected chi connectivity index (χ1v) is 7.76. The Morgan fingerprint density at radius 2 is 2.10 bits per heavy atom. The molecule has 0 spiro atoms. The van der Waals surface area contributed by atoms with Gasteiger partial charge in [0.15, 0.2) is 0 Å². The summed E-state index contributed by atoms with van der Waals surface area (Å²) in [6.45, 7) is 3.13. The molecular weight excluding hydrogens is 264 g/mol. The number of hydrogen-bond acceptors (Lipinski definition) is 3. The number of nitrogens with zero attached hydrogens (tertiary/aromatic N) is 2. The fourth-order valence-corrected chi connectivity index (χ4v) is 3.02. The minimum atomic E-state index is 0.0733. The van der Waals surface area contributed by atoms with Crippen LogP contribution in [0.1, 0.15) is 32.6 Å². The van der Waals surface area contributed by atoms with E-state index >= 15 is 0 Å². The fourth-order valence-electron chi connectivity index (χ4n) is 3.02. The normalized spacial score (nSPS) is 15.5. The summed E-state index contributed by atoms with van der Waals surface area (Å²) in [5, 5.41) is 6.37. The smallest absolute Gasteiger partial charge is 0.240 e. The summed E-state index contributed by atoms with van der Waals surface area (Å²) in [5.41, 5.74) is 1.91. The molecule has 21 heavy (non-hydrogen) atoms. The summed E-state index contributed by atoms with van der Waals surface area (Å²) in [4.78, 5) is 16.8. The minimum absolute atomic E-state index is 0.0733. The van der Waals surface area contributed by atoms with E-state index < -0.39 is 0 Å². The van der Waals surface area contributed by atoms with Gasteiger partial charge in [-0.25, -0.2) is 4.98 Å². The summed E-state index contributed by atoms with van der Waals surface area (Å²) < 4.78 is 1.96. The van der Waals surface area contributed by atoms with E-state index in [1.54, 1.807) is 0 Å². The third-order valence-corrected chi connectivity index (χ3v) is 4.01. The molecule has 0 bridgehead atoms. The average molecular weight is 286 g/mol. The number of imidazole rings is 1. The second kappa shape index (κ2) is 6.16. The largest absolute Gasteiger partial charge is 0.356 e. The van der Waals surface area contributed by atoms with E-state index in [-0.39, 0.29) is 5.91 Å². The van der Waals surface area contributed by atoms with Crippen LogP contribution in [0.2, 0.25) is 0 Å². The number of aromatic nitrogens is 2. The van der Waals surface area contributed by atoms with Crippen molar-refractivity contribution in [1.82, 2.24) is 14.9 Å². The van der Waals surface area contributed by atoms with E-state index in [2.05, 4.69) is 15.6 Å². The molecule has 1 heterocycles. The molecule has 112 valence electrons. The van der Waals surface area contributed by atoms with Gasteiger partial charge in [0.05, 0.1) is 11.0 Å². The van der Waals surface area contributed by atoms with Crippen molar-refractivity contribution >= 4 is 22.9 Å². The maximum atomic E-state index is 12.3. The summed E-state index contributed by atoms with van der Waals surface area (Å²) in [7, 11) is 0. The van der Waals surface area contributed by atoms with Crippen molar-refractivity contribution in [2.75, 3.05) is 11.9 Å². The van der Waals surface area contributed by atoms with Gasteiger partial charge in [0.25, 0.3) is 0 Å². The van der Waals surface area contributed by atoms with Crippen LogP contribution in [0.4, 0.5) is 5.95 Å². The standard InChI is InChI=1S/C16H22N4O/c1-2-17-16-19-13-9-5-6-10-14(13)20(16)11-15(21)18-12-7-3-4-8-12/h5-6,9-10,12H,2-4,7-8,11H2,1H3,(H,17,19)(H,18,21). The molecule has 1 aliphatic carbocycles. The number of carbonyl (C=O) groups excluding carboxylic acids is 1. The first kappa shape index (κ1) is 13.9. The van der Waals surface area contributed by atoms with Crippen LogP contribution in [0.5, 0.6) is 0 Å². The molecule has 2 aromatic rings. The van der Waals surface area contributed by atoms with E-state index in [9.17, 15) is 4.79 Å². The number of amides is 1. The van der Waals surface area contributed by atoms with E-state index in [0.29, 0.717) is 12.6 Å². The van der Waals surface area contributed by atoms with Crippen molar-refractivity contribution < 1.29 is 4.79 Å². The van der Waals surface area contributed by atoms with Crippen molar-refractivity contribution in [3.63, 3.8) is 0 Å². The molecule has 2 N–H and O–H groups in total. The monoisotopic (exact) mass is 286 g/mol. The highest BCUT2D eigenvalue weighted by Crippen LogP contribution is 2.20. The second-order valence-electron chi connectivity index (χ2n) is 5.59. The van der Waals surface area contributed by atoms with Gasteiger partial charge < -0.3 is 15.2 Å². The quantitative estimate of drug-likeness (QED) is 0.888. The molecular formula is C16H22N4O. The van der Waals surface area contributed by atoms with Crippen LogP contribution in [0.3, 0.4) is 0 Å². The van der Waals surface area contributed by atoms with Crippen molar-refractivity contribution in [3.8, 4) is 0 Å². The Balaban J connectivity index is 1.80. The maximum Gasteiger partial charge on any atom is 0.240 e. The van der Waals surface area contributed by atoms with Gasteiger partial charge in [-0.15, -0.1) is 0 Å². The summed E-state index contributed by atoms with van der Waals surface area (Å²) in [6.07, 6.45) is 4.66. The van der Waals surface area contributed by atoms with Gasteiger partial charge in [-0.3, -0.25) is 4.79 Å². The highest BCUT2D eigenvalue weighted by atomic mass is 16.2. The zero-order valence-corrected chi connectivity index (χ0v) is 12.4. The minimum Gasteiger partial charge on any atom is -0.356 e. The van der Waals surface area contributed by atoms with Gasteiger partial charge in [-0.2, -0.15) is 0 Å². The zero-order chi connectivity index (χ0) is 14.7. The number of para-hydroxylation sites is 2. The number of benzene rings is 1. The first-order valence-electron chi connectivity index (χ1n) is 7.76. The highest BCUT2D eigenvalue weighted by molar-refractivity contribution is 5.83. The Morgan fingerprint density at radius 3 is 2.86 bits per heavy atom. The van der Waals surface area contributed by atoms with E-state index in [0.717, 1.165) is 36.4 Å². The maximum absolute atomic E-state index is 12.3. The molecule has 0 unspecified atom stereocenters. The number of anilines is 1. The average Bonchev–Trinajstić information content (AvgIpc) is 3.08. The lowest BCUT2D eigenvalue weighted by atomic mass is 10.2. The van der Waals surface area contributed by atoms with Gasteiger partial charge in [0, 0.05) is 12.6 Å². The summed E-state index contributed by atoms with van der Waals surface area (Å²) >= 11 is 0. The molecule has 1 saturated carbocycles. The molecule has 0 aliphatic heterocycles. The van der Waals surface area contributed by atoms with Gasteiger partial charge in [-0.1, -0.05) is 25.0 Å². The Morgan fingerprint density at radius 1 is 1.33 bits per heavy atom. The molecule has 1 aromatic carbocycles. The van der Waals surface area contributed by atoms with Gasteiger partial charge in [-0.05, 0) is 31.9 Å². The van der Waals surface area contributed by atoms with Crippen molar-refractivity contribution in [1.29, 1.82) is 0 Å². The van der Waals surface area contributed by atoms with Crippen LogP contribution >= 0.6 is 0 Å². The van der Waals surface area contributed by atoms with Crippen LogP contribution in [-0.4, -0.2) is 28.0 Å². The van der Waals surface area contributed by atoms with Crippen LogP contribution in [-0.2, 0) is 11.3 Å². The molecule has 1 aliphatic rings. The fraction of sp³-hybridized carbons (Fsp3) is 0.500. The Hall–Kier alpha value is -2.04. The van der Waals surface area contributed by atoms with Crippen LogP contribution in [0.15, 0.2) is 24.3 Å². The van der Waals surface area contributed by atoms with Crippen molar-refractivity contribution in [3.05, 3.63) is 24.3 Å². The van der Waals surface area contributed by atoms with Gasteiger partial charge in [0.2, 0.25) is 11.9 Å². The van der Waals surface area contributed by atoms with Gasteiger partial charge >= 0.3 is 0 Å². The molecule has 3 rings (SSSR count). The SMILES string of the molecule is CCNc1nc2ccccc2n1CC(=O)NC1CCCC1. The Bertz CT molecular complexity index is 628. The third-order valence-electron chi connectivity index (χ3n) is 4.01. The predicted molar refractivity (Wildman–Crippen MR) is 84.3 cm³/mol. The van der Waals surface area contributed by atoms with Crippen LogP contribution in [0, 0.1) is 0 Å². The van der Waals surface area contributed by atoms with Crippen LogP contribution < -0.4 is 10.6 Å². The van der Waals surface area contributed by atoms with Crippen LogP contribution in [0.25, 0.3) is 11.0 Å². The first-order chi connectivity index (χ1) is 10.3. The lowest BCUT2D eigenvalue weighted by Gasteiger charge is -2.14. The second-order valence-corrected chi connectivity index (χ2v) is 5.59. The van der Waals surface area contributed by atoms with Crippen molar-refractivity contribution in [2.24, 2.45) is 0 Å². The molecule has 5 nitrogen and oxygen atoms in total. The zero-order valence-electron chi connectivity index (χ0n) is 12.4. The number of carbonyl (C=O) groups is 1. The summed E-state index contributed by atoms with van der Waals surface area (Å²) in [6, 6.07) is 8.28. The Kier molecular flexibility index (Phi) is 4.08. The lowest BCUT2D eigenvalue weighted by molar-refractivity contribution is -0.122. The number of rotatable bonds is 5. The number of fused-ring (bicyclic) bond motifs is 1. The Labute approximate surface area is 124 Å².